The molecule has 1 aliphatic heterocycles. The fraction of sp³-hybridized carbons (Fsp3) is 0.353. The van der Waals surface area contributed by atoms with Gasteiger partial charge < -0.3 is 15.0 Å². The predicted molar refractivity (Wildman–Crippen MR) is 88.9 cm³/mol. The first-order chi connectivity index (χ1) is 11.1. The Kier molecular flexibility index (Phi) is 4.25. The van der Waals surface area contributed by atoms with Crippen LogP contribution in [-0.2, 0) is 11.2 Å². The monoisotopic (exact) mass is 312 g/mol. The Hall–Kier alpha value is -2.47. The predicted octanol–water partition coefficient (Wildman–Crippen LogP) is 2.04. The molecule has 0 aliphatic carbocycles. The second-order valence-electron chi connectivity index (χ2n) is 5.57. The van der Waals surface area contributed by atoms with Crippen LogP contribution >= 0.6 is 0 Å². The molecule has 120 valence electrons. The lowest BCUT2D eigenvalue weighted by Gasteiger charge is -2.33. The van der Waals surface area contributed by atoms with Crippen LogP contribution in [-0.4, -0.2) is 42.7 Å². The highest BCUT2D eigenvalue weighted by Crippen LogP contribution is 2.29. The largest absolute Gasteiger partial charge is 0.379 e. The summed E-state index contributed by atoms with van der Waals surface area (Å²) in [6.07, 6.45) is 0.793. The number of benzene rings is 1. The summed E-state index contributed by atoms with van der Waals surface area (Å²) in [6, 6.07) is 9.63. The summed E-state index contributed by atoms with van der Waals surface area (Å²) >= 11 is 0. The Morgan fingerprint density at radius 1 is 1.35 bits per heavy atom. The lowest BCUT2D eigenvalue weighted by atomic mass is 9.99. The van der Waals surface area contributed by atoms with Crippen LogP contribution in [0.1, 0.15) is 21.7 Å². The molecule has 0 spiro atoms. The molecular formula is C17H20N4O2. The molecule has 6 nitrogen and oxygen atoms in total. The topological polar surface area (TPSA) is 67.4 Å². The third-order valence-electron chi connectivity index (χ3n) is 3.99. The number of nitrogens with one attached hydrogen (secondary N) is 1. The fourth-order valence-electron chi connectivity index (χ4n) is 2.84. The Morgan fingerprint density at radius 2 is 2.13 bits per heavy atom. The molecule has 0 radical (unpaired) electrons. The van der Waals surface area contributed by atoms with Gasteiger partial charge in [-0.3, -0.25) is 4.79 Å². The molecule has 1 N–H and O–H groups in total. The molecule has 1 aromatic carbocycles. The minimum Gasteiger partial charge on any atom is -0.379 e. The van der Waals surface area contributed by atoms with Crippen molar-refractivity contribution in [2.45, 2.75) is 19.4 Å². The molecule has 0 saturated carbocycles. The van der Waals surface area contributed by atoms with Crippen LogP contribution in [0.15, 0.2) is 30.3 Å². The molecule has 3 rings (SSSR count). The van der Waals surface area contributed by atoms with Crippen molar-refractivity contribution in [2.24, 2.45) is 0 Å². The molecule has 0 fully saturated rings. The van der Waals surface area contributed by atoms with E-state index in [1.807, 2.05) is 31.2 Å². The number of hydrogen-bond donors (Lipinski definition) is 1. The third kappa shape index (κ3) is 3.03. The maximum absolute atomic E-state index is 13.0. The molecule has 1 aliphatic rings. The van der Waals surface area contributed by atoms with Crippen LogP contribution in [0.25, 0.3) is 0 Å². The van der Waals surface area contributed by atoms with Gasteiger partial charge in [-0.15, -0.1) is 0 Å². The van der Waals surface area contributed by atoms with Gasteiger partial charge in [0.05, 0.1) is 12.6 Å². The number of amides is 1. The van der Waals surface area contributed by atoms with E-state index >= 15 is 0 Å². The number of rotatable bonds is 3. The van der Waals surface area contributed by atoms with Crippen molar-refractivity contribution in [2.75, 3.05) is 30.9 Å². The number of nitrogens with zero attached hydrogens (tertiary/aromatic N) is 3. The summed E-state index contributed by atoms with van der Waals surface area (Å²) in [7, 11) is 3.41. The average Bonchev–Trinajstić information content (AvgIpc) is 2.59. The zero-order chi connectivity index (χ0) is 16.4. The zero-order valence-electron chi connectivity index (χ0n) is 13.5. The van der Waals surface area contributed by atoms with Crippen molar-refractivity contribution in [1.82, 2.24) is 9.97 Å². The number of anilines is 2. The van der Waals surface area contributed by atoms with Gasteiger partial charge in [-0.1, -0.05) is 18.2 Å². The Labute approximate surface area is 135 Å². The van der Waals surface area contributed by atoms with E-state index < -0.39 is 0 Å². The molecule has 1 atom stereocenters. The van der Waals surface area contributed by atoms with E-state index in [4.69, 9.17) is 4.74 Å². The Balaban J connectivity index is 2.00. The Morgan fingerprint density at radius 3 is 2.87 bits per heavy atom. The summed E-state index contributed by atoms with van der Waals surface area (Å²) in [6.45, 7) is 2.37. The van der Waals surface area contributed by atoms with Crippen LogP contribution in [0, 0.1) is 6.92 Å². The van der Waals surface area contributed by atoms with Crippen LogP contribution in [0.2, 0.25) is 0 Å². The fourth-order valence-corrected chi connectivity index (χ4v) is 2.84. The van der Waals surface area contributed by atoms with E-state index in [2.05, 4.69) is 15.3 Å². The van der Waals surface area contributed by atoms with Crippen molar-refractivity contribution in [1.29, 1.82) is 0 Å². The molecule has 2 aromatic rings. The lowest BCUT2D eigenvalue weighted by molar-refractivity contribution is 0.0866. The van der Waals surface area contributed by atoms with E-state index in [-0.39, 0.29) is 12.0 Å². The van der Waals surface area contributed by atoms with E-state index in [0.29, 0.717) is 18.2 Å². The molecule has 2 heterocycles. The van der Waals surface area contributed by atoms with Crippen LogP contribution in [0.3, 0.4) is 0 Å². The molecule has 0 bridgehead atoms. The first-order valence-electron chi connectivity index (χ1n) is 7.58. The number of fused-ring (bicyclic) bond motifs is 1. The standard InChI is InChI=1S/C17H20N4O2/c1-11-8-14(20-17(18-2)19-11)16(22)21-10-13(23-3)9-12-6-4-5-7-15(12)21/h4-8,13H,9-10H2,1-3H3,(H,18,19,20)/t13-/m1/s1. The second kappa shape index (κ2) is 6.34. The molecule has 23 heavy (non-hydrogen) atoms. The van der Waals surface area contributed by atoms with Gasteiger partial charge in [0.1, 0.15) is 5.69 Å². The van der Waals surface area contributed by atoms with Gasteiger partial charge in [-0.2, -0.15) is 0 Å². The van der Waals surface area contributed by atoms with Gasteiger partial charge in [0.25, 0.3) is 5.91 Å². The first-order valence-corrected chi connectivity index (χ1v) is 7.58. The summed E-state index contributed by atoms with van der Waals surface area (Å²) < 4.78 is 5.49. The van der Waals surface area contributed by atoms with Crippen molar-refractivity contribution in [3.8, 4) is 0 Å². The van der Waals surface area contributed by atoms with E-state index in [0.717, 1.165) is 23.4 Å². The second-order valence-corrected chi connectivity index (χ2v) is 5.57. The number of methoxy groups -OCH3 is 1. The summed E-state index contributed by atoms with van der Waals surface area (Å²) in [5, 5.41) is 2.89. The van der Waals surface area contributed by atoms with Gasteiger partial charge in [0.2, 0.25) is 5.95 Å². The molecule has 0 unspecified atom stereocenters. The van der Waals surface area contributed by atoms with Gasteiger partial charge >= 0.3 is 0 Å². The maximum Gasteiger partial charge on any atom is 0.277 e. The van der Waals surface area contributed by atoms with Crippen molar-refractivity contribution >= 4 is 17.5 Å². The third-order valence-corrected chi connectivity index (χ3v) is 3.99. The lowest BCUT2D eigenvalue weighted by Crippen LogP contribution is -2.43. The van der Waals surface area contributed by atoms with E-state index in [1.54, 1.807) is 25.1 Å². The minimum absolute atomic E-state index is 0.0134. The molecule has 1 amide bonds. The normalized spacial score (nSPS) is 16.8. The van der Waals surface area contributed by atoms with Crippen LogP contribution in [0.5, 0.6) is 0 Å². The number of aryl methyl sites for hydroxylation is 1. The summed E-state index contributed by atoms with van der Waals surface area (Å²) in [5.74, 6) is 0.308. The number of hydrogen-bond acceptors (Lipinski definition) is 5. The van der Waals surface area contributed by atoms with Gasteiger partial charge in [0, 0.05) is 32.0 Å². The van der Waals surface area contributed by atoms with Gasteiger partial charge in [-0.25, -0.2) is 9.97 Å². The average molecular weight is 312 g/mol. The van der Waals surface area contributed by atoms with Crippen molar-refractivity contribution in [3.05, 3.63) is 47.3 Å². The Bertz CT molecular complexity index is 732. The van der Waals surface area contributed by atoms with Gasteiger partial charge in [0.15, 0.2) is 0 Å². The quantitative estimate of drug-likeness (QED) is 0.939. The van der Waals surface area contributed by atoms with E-state index in [9.17, 15) is 4.79 Å². The van der Waals surface area contributed by atoms with Crippen molar-refractivity contribution in [3.63, 3.8) is 0 Å². The maximum atomic E-state index is 13.0. The van der Waals surface area contributed by atoms with Crippen molar-refractivity contribution < 1.29 is 9.53 Å². The summed E-state index contributed by atoms with van der Waals surface area (Å²) in [4.78, 5) is 23.3. The van der Waals surface area contributed by atoms with Crippen LogP contribution < -0.4 is 10.2 Å². The highest BCUT2D eigenvalue weighted by atomic mass is 16.5. The van der Waals surface area contributed by atoms with Gasteiger partial charge in [-0.05, 0) is 24.6 Å². The number of ether oxygens (including phenoxy) is 1. The highest BCUT2D eigenvalue weighted by Gasteiger charge is 2.29. The number of carbonyl (C=O) groups is 1. The number of carbonyl (C=O) groups excluding carboxylic acids is 1. The van der Waals surface area contributed by atoms with Crippen LogP contribution in [0.4, 0.5) is 11.6 Å². The minimum atomic E-state index is -0.138. The van der Waals surface area contributed by atoms with E-state index in [1.165, 1.54) is 0 Å². The molecular weight excluding hydrogens is 292 g/mol. The molecule has 1 aromatic heterocycles. The number of para-hydroxylation sites is 1. The smallest absolute Gasteiger partial charge is 0.277 e. The highest BCUT2D eigenvalue weighted by molar-refractivity contribution is 6.05. The number of aromatic nitrogens is 2. The molecule has 6 heteroatoms. The first kappa shape index (κ1) is 15.4. The zero-order valence-corrected chi connectivity index (χ0v) is 13.5. The molecule has 0 saturated heterocycles. The summed E-state index contributed by atoms with van der Waals surface area (Å²) in [5.41, 5.74) is 3.17. The SMILES string of the molecule is CNc1nc(C)cc(C(=O)N2C[C@H](OC)Cc3ccccc32)n1.